The molecule has 0 spiro atoms. The third kappa shape index (κ3) is 4.13. The van der Waals surface area contributed by atoms with Crippen molar-refractivity contribution in [1.82, 2.24) is 0 Å². The molecule has 0 saturated heterocycles. The van der Waals surface area contributed by atoms with Crippen LogP contribution in [0.1, 0.15) is 17.3 Å². The molecule has 8 heteroatoms. The molecule has 0 aliphatic carbocycles. The van der Waals surface area contributed by atoms with Gasteiger partial charge < -0.3 is 10.1 Å². The number of benzene rings is 2. The molecule has 0 aliphatic rings. The molecule has 2 aromatic rings. The summed E-state index contributed by atoms with van der Waals surface area (Å²) >= 11 is 0. The number of hydrogen-bond acceptors (Lipinski definition) is 5. The molecule has 0 atom stereocenters. The van der Waals surface area contributed by atoms with Crippen LogP contribution in [0.3, 0.4) is 0 Å². The largest absolute Gasteiger partial charge is 0.478 e. The zero-order chi connectivity index (χ0) is 17.7. The Balaban J connectivity index is 2.11. The Bertz CT molecular complexity index is 807. The molecule has 1 amide bonds. The van der Waals surface area contributed by atoms with Crippen LogP contribution < -0.4 is 10.1 Å². The van der Waals surface area contributed by atoms with Gasteiger partial charge in [-0.05, 0) is 24.3 Å². The fraction of sp³-hybridized carbons (Fsp3) is 0.125. The Morgan fingerprint density at radius 1 is 1.25 bits per heavy atom. The van der Waals surface area contributed by atoms with Gasteiger partial charge in [0.15, 0.2) is 12.4 Å². The molecule has 0 saturated carbocycles. The number of ether oxygens (including phenoxy) is 1. The molecule has 0 bridgehead atoms. The Labute approximate surface area is 136 Å². The number of carbonyl (C=O) groups excluding carboxylic acids is 2. The van der Waals surface area contributed by atoms with Crippen LogP contribution in [0.15, 0.2) is 42.5 Å². The quantitative estimate of drug-likeness (QED) is 0.498. The molecule has 0 aliphatic heterocycles. The van der Waals surface area contributed by atoms with Gasteiger partial charge in [-0.1, -0.05) is 12.1 Å². The number of amides is 1. The molecule has 0 radical (unpaired) electrons. The third-order valence-electron chi connectivity index (χ3n) is 3.01. The Hall–Kier alpha value is -3.29. The van der Waals surface area contributed by atoms with Gasteiger partial charge in [0.1, 0.15) is 5.82 Å². The highest BCUT2D eigenvalue weighted by Gasteiger charge is 2.17. The van der Waals surface area contributed by atoms with Gasteiger partial charge in [-0.3, -0.25) is 19.7 Å². The number of anilines is 1. The van der Waals surface area contributed by atoms with E-state index in [9.17, 15) is 24.1 Å². The van der Waals surface area contributed by atoms with Crippen molar-refractivity contribution < 1.29 is 23.6 Å². The lowest BCUT2D eigenvalue weighted by Crippen LogP contribution is -2.14. The van der Waals surface area contributed by atoms with Crippen molar-refractivity contribution in [3.63, 3.8) is 0 Å². The predicted octanol–water partition coefficient (Wildman–Crippen LogP) is 2.95. The molecule has 0 fully saturated rings. The van der Waals surface area contributed by atoms with Crippen molar-refractivity contribution in [2.24, 2.45) is 0 Å². The van der Waals surface area contributed by atoms with Crippen LogP contribution in [-0.4, -0.2) is 23.2 Å². The van der Waals surface area contributed by atoms with E-state index in [1.165, 1.54) is 43.3 Å². The number of para-hydroxylation sites is 2. The first-order valence-corrected chi connectivity index (χ1v) is 6.85. The van der Waals surface area contributed by atoms with Crippen molar-refractivity contribution in [1.29, 1.82) is 0 Å². The predicted molar refractivity (Wildman–Crippen MR) is 83.6 cm³/mol. The topological polar surface area (TPSA) is 98.5 Å². The number of rotatable bonds is 6. The number of ketones is 1. The van der Waals surface area contributed by atoms with Crippen molar-refractivity contribution in [3.05, 3.63) is 64.0 Å². The number of Topliss-reactive ketones (excluding diaryl/α,β-unsaturated/α-hetero) is 1. The lowest BCUT2D eigenvalue weighted by molar-refractivity contribution is -0.385. The third-order valence-corrected chi connectivity index (χ3v) is 3.01. The Kier molecular flexibility index (Phi) is 5.20. The van der Waals surface area contributed by atoms with Gasteiger partial charge in [0.25, 0.3) is 0 Å². The molecular weight excluding hydrogens is 319 g/mol. The summed E-state index contributed by atoms with van der Waals surface area (Å²) in [4.78, 5) is 33.2. The molecule has 0 unspecified atom stereocenters. The van der Waals surface area contributed by atoms with Gasteiger partial charge in [-0.2, -0.15) is 0 Å². The second-order valence-corrected chi connectivity index (χ2v) is 4.81. The number of halogens is 1. The van der Waals surface area contributed by atoms with Gasteiger partial charge in [-0.25, -0.2) is 4.39 Å². The summed E-state index contributed by atoms with van der Waals surface area (Å²) in [6, 6.07) is 9.18. The van der Waals surface area contributed by atoms with E-state index in [2.05, 4.69) is 5.32 Å². The molecular formula is C16H13FN2O5. The first-order valence-electron chi connectivity index (χ1n) is 6.85. The molecule has 0 heterocycles. The van der Waals surface area contributed by atoms with E-state index in [1.54, 1.807) is 0 Å². The second-order valence-electron chi connectivity index (χ2n) is 4.81. The van der Waals surface area contributed by atoms with Crippen LogP contribution in [0, 0.1) is 15.9 Å². The van der Waals surface area contributed by atoms with Crippen molar-refractivity contribution in [2.45, 2.75) is 6.92 Å². The number of nitrogens with zero attached hydrogens (tertiary/aromatic N) is 1. The van der Waals surface area contributed by atoms with Crippen LogP contribution in [0.4, 0.5) is 15.8 Å². The number of nitro benzene ring substituents is 1. The molecule has 2 rings (SSSR count). The minimum Gasteiger partial charge on any atom is -0.478 e. The lowest BCUT2D eigenvalue weighted by Gasteiger charge is -2.08. The maximum atomic E-state index is 13.9. The van der Waals surface area contributed by atoms with Crippen molar-refractivity contribution >= 4 is 23.1 Å². The summed E-state index contributed by atoms with van der Waals surface area (Å²) in [5, 5.41) is 13.3. The van der Waals surface area contributed by atoms with Gasteiger partial charge in [0.05, 0.1) is 10.5 Å². The summed E-state index contributed by atoms with van der Waals surface area (Å²) < 4.78 is 19.1. The minimum absolute atomic E-state index is 0.0777. The SMILES string of the molecule is CC(=O)Nc1ccc(C(=O)COc2ccccc2[N+](=O)[O-])c(F)c1. The number of carbonyl (C=O) groups is 2. The van der Waals surface area contributed by atoms with Crippen LogP contribution in [-0.2, 0) is 4.79 Å². The summed E-state index contributed by atoms with van der Waals surface area (Å²) in [5.74, 6) is -1.95. The number of nitrogens with one attached hydrogen (secondary N) is 1. The van der Waals surface area contributed by atoms with Crippen LogP contribution in [0.2, 0.25) is 0 Å². The average molecular weight is 332 g/mol. The van der Waals surface area contributed by atoms with E-state index in [0.29, 0.717) is 0 Å². The maximum Gasteiger partial charge on any atom is 0.310 e. The number of nitro groups is 1. The smallest absolute Gasteiger partial charge is 0.310 e. The summed E-state index contributed by atoms with van der Waals surface area (Å²) in [6.45, 7) is 0.721. The lowest BCUT2D eigenvalue weighted by atomic mass is 10.1. The fourth-order valence-corrected chi connectivity index (χ4v) is 1.97. The Morgan fingerprint density at radius 2 is 1.96 bits per heavy atom. The first-order chi connectivity index (χ1) is 11.4. The normalized spacial score (nSPS) is 10.1. The van der Waals surface area contributed by atoms with E-state index in [1.807, 2.05) is 0 Å². The zero-order valence-corrected chi connectivity index (χ0v) is 12.6. The molecule has 124 valence electrons. The van der Waals surface area contributed by atoms with E-state index in [4.69, 9.17) is 4.74 Å². The molecule has 0 aromatic heterocycles. The number of hydrogen-bond donors (Lipinski definition) is 1. The van der Waals surface area contributed by atoms with Crippen molar-refractivity contribution in [2.75, 3.05) is 11.9 Å². The van der Waals surface area contributed by atoms with Gasteiger partial charge in [0, 0.05) is 18.7 Å². The molecule has 1 N–H and O–H groups in total. The minimum atomic E-state index is -0.822. The highest BCUT2D eigenvalue weighted by atomic mass is 19.1. The molecule has 2 aromatic carbocycles. The summed E-state index contributed by atoms with van der Waals surface area (Å²) in [6.07, 6.45) is 0. The average Bonchev–Trinajstić information content (AvgIpc) is 2.52. The summed E-state index contributed by atoms with van der Waals surface area (Å²) in [5.41, 5.74) is -0.300. The van der Waals surface area contributed by atoms with Crippen LogP contribution in [0.25, 0.3) is 0 Å². The Morgan fingerprint density at radius 3 is 2.58 bits per heavy atom. The van der Waals surface area contributed by atoms with Gasteiger partial charge >= 0.3 is 5.69 Å². The maximum absolute atomic E-state index is 13.9. The second kappa shape index (κ2) is 7.32. The molecule has 24 heavy (non-hydrogen) atoms. The van der Waals surface area contributed by atoms with Crippen LogP contribution in [0.5, 0.6) is 5.75 Å². The van der Waals surface area contributed by atoms with Gasteiger partial charge in [0.2, 0.25) is 11.7 Å². The van der Waals surface area contributed by atoms with E-state index < -0.39 is 23.1 Å². The van der Waals surface area contributed by atoms with E-state index in [0.717, 1.165) is 6.07 Å². The standard InChI is InChI=1S/C16H13FN2O5/c1-10(20)18-11-6-7-12(13(17)8-11)15(21)9-24-16-5-3-2-4-14(16)19(22)23/h2-8H,9H2,1H3,(H,18,20). The first kappa shape index (κ1) is 17.1. The van der Waals surface area contributed by atoms with E-state index >= 15 is 0 Å². The highest BCUT2D eigenvalue weighted by molar-refractivity contribution is 5.98. The highest BCUT2D eigenvalue weighted by Crippen LogP contribution is 2.26. The fourth-order valence-electron chi connectivity index (χ4n) is 1.97. The van der Waals surface area contributed by atoms with Gasteiger partial charge in [-0.15, -0.1) is 0 Å². The van der Waals surface area contributed by atoms with Crippen LogP contribution >= 0.6 is 0 Å². The summed E-state index contributed by atoms with van der Waals surface area (Å²) in [7, 11) is 0. The van der Waals surface area contributed by atoms with E-state index in [-0.39, 0.29) is 28.6 Å². The monoisotopic (exact) mass is 332 g/mol. The molecule has 7 nitrogen and oxygen atoms in total. The zero-order valence-electron chi connectivity index (χ0n) is 12.6. The van der Waals surface area contributed by atoms with Crippen molar-refractivity contribution in [3.8, 4) is 5.75 Å².